The number of carbonyl (C=O) groups excluding carboxylic acids is 1. The zero-order valence-corrected chi connectivity index (χ0v) is 17.9. The Morgan fingerprint density at radius 3 is 2.87 bits per heavy atom. The first-order valence-corrected chi connectivity index (χ1v) is 11.6. The molecule has 4 aromatic rings. The van der Waals surface area contributed by atoms with E-state index in [0.29, 0.717) is 25.1 Å². The van der Waals surface area contributed by atoms with Crippen LogP contribution in [0.15, 0.2) is 76.6 Å². The second-order valence-corrected chi connectivity index (χ2v) is 8.29. The standard InChI is InChI=1S/C23H21N3O2S2/c27-23(19-8-1-2-10-21(19)30-15-18-14-29-16-26-18)25-12-5-13-28-20-9-3-6-17-7-4-11-24-22(17)20/h1-4,6-11,14,16H,5,12-13,15H2,(H,25,27). The van der Waals surface area contributed by atoms with Gasteiger partial charge in [-0.1, -0.05) is 30.3 Å². The summed E-state index contributed by atoms with van der Waals surface area (Å²) in [6, 6.07) is 17.5. The van der Waals surface area contributed by atoms with Crippen molar-refractivity contribution in [2.24, 2.45) is 0 Å². The summed E-state index contributed by atoms with van der Waals surface area (Å²) < 4.78 is 5.89. The zero-order valence-electron chi connectivity index (χ0n) is 16.3. The number of benzene rings is 2. The maximum absolute atomic E-state index is 12.6. The Kier molecular flexibility index (Phi) is 6.95. The number of rotatable bonds is 9. The van der Waals surface area contributed by atoms with Crippen LogP contribution in [0.25, 0.3) is 10.9 Å². The van der Waals surface area contributed by atoms with E-state index in [1.807, 2.05) is 65.5 Å². The summed E-state index contributed by atoms with van der Waals surface area (Å²) in [5.41, 5.74) is 4.40. The maximum Gasteiger partial charge on any atom is 0.252 e. The maximum atomic E-state index is 12.6. The van der Waals surface area contributed by atoms with Gasteiger partial charge < -0.3 is 10.1 Å². The number of pyridine rings is 1. The molecule has 1 N–H and O–H groups in total. The SMILES string of the molecule is O=C(NCCCOc1cccc2cccnc12)c1ccccc1SCc1cscn1. The van der Waals surface area contributed by atoms with Crippen molar-refractivity contribution in [3.8, 4) is 5.75 Å². The van der Waals surface area contributed by atoms with Crippen LogP contribution in [-0.2, 0) is 5.75 Å². The molecule has 1 amide bonds. The molecule has 0 atom stereocenters. The molecule has 0 bridgehead atoms. The van der Waals surface area contributed by atoms with Gasteiger partial charge in [-0.25, -0.2) is 4.98 Å². The number of hydrogen-bond donors (Lipinski definition) is 1. The van der Waals surface area contributed by atoms with Crippen molar-refractivity contribution >= 4 is 39.9 Å². The molecular weight excluding hydrogens is 414 g/mol. The van der Waals surface area contributed by atoms with Crippen molar-refractivity contribution in [2.45, 2.75) is 17.1 Å². The molecule has 0 spiro atoms. The predicted molar refractivity (Wildman–Crippen MR) is 122 cm³/mol. The van der Waals surface area contributed by atoms with Crippen LogP contribution in [0.4, 0.5) is 0 Å². The number of aromatic nitrogens is 2. The van der Waals surface area contributed by atoms with E-state index in [9.17, 15) is 4.79 Å². The monoisotopic (exact) mass is 435 g/mol. The van der Waals surface area contributed by atoms with Gasteiger partial charge in [0.25, 0.3) is 5.91 Å². The number of thiazole rings is 1. The fourth-order valence-electron chi connectivity index (χ4n) is 2.98. The topological polar surface area (TPSA) is 64.1 Å². The number of nitrogens with one attached hydrogen (secondary N) is 1. The third-order valence-corrected chi connectivity index (χ3v) is 6.19. The summed E-state index contributed by atoms with van der Waals surface area (Å²) in [5, 5.41) is 6.07. The Bertz CT molecular complexity index is 1110. The Labute approximate surface area is 183 Å². The number of hydrogen-bond acceptors (Lipinski definition) is 6. The zero-order chi connectivity index (χ0) is 20.6. The molecule has 2 aromatic carbocycles. The first-order valence-electron chi connectivity index (χ1n) is 9.65. The van der Waals surface area contributed by atoms with Gasteiger partial charge in [-0.15, -0.1) is 23.1 Å². The predicted octanol–water partition coefficient (Wildman–Crippen LogP) is 5.18. The van der Waals surface area contributed by atoms with E-state index in [2.05, 4.69) is 15.3 Å². The molecule has 7 heteroatoms. The Balaban J connectivity index is 1.27. The average Bonchev–Trinajstić information content (AvgIpc) is 3.31. The summed E-state index contributed by atoms with van der Waals surface area (Å²) in [5.74, 6) is 1.45. The lowest BCUT2D eigenvalue weighted by Crippen LogP contribution is -2.26. The molecular formula is C23H21N3O2S2. The second-order valence-electron chi connectivity index (χ2n) is 6.55. The lowest BCUT2D eigenvalue weighted by molar-refractivity contribution is 0.0948. The van der Waals surface area contributed by atoms with E-state index >= 15 is 0 Å². The average molecular weight is 436 g/mol. The minimum atomic E-state index is -0.0665. The van der Waals surface area contributed by atoms with Gasteiger partial charge in [0.05, 0.1) is 23.4 Å². The smallest absolute Gasteiger partial charge is 0.252 e. The van der Waals surface area contributed by atoms with Crippen molar-refractivity contribution in [3.63, 3.8) is 0 Å². The van der Waals surface area contributed by atoms with Crippen molar-refractivity contribution in [1.82, 2.24) is 15.3 Å². The molecule has 0 fully saturated rings. The molecule has 0 saturated heterocycles. The molecule has 30 heavy (non-hydrogen) atoms. The van der Waals surface area contributed by atoms with E-state index in [-0.39, 0.29) is 5.91 Å². The third kappa shape index (κ3) is 5.17. The van der Waals surface area contributed by atoms with Crippen LogP contribution < -0.4 is 10.1 Å². The van der Waals surface area contributed by atoms with Crippen LogP contribution >= 0.6 is 23.1 Å². The fraction of sp³-hybridized carbons (Fsp3) is 0.174. The normalized spacial score (nSPS) is 10.8. The molecule has 152 valence electrons. The first kappa shape index (κ1) is 20.4. The van der Waals surface area contributed by atoms with Crippen molar-refractivity contribution in [2.75, 3.05) is 13.2 Å². The summed E-state index contributed by atoms with van der Waals surface area (Å²) in [7, 11) is 0. The van der Waals surface area contributed by atoms with Gasteiger partial charge in [0.1, 0.15) is 11.3 Å². The number of ether oxygens (including phenoxy) is 1. The Morgan fingerprint density at radius 2 is 1.97 bits per heavy atom. The number of thioether (sulfide) groups is 1. The number of amides is 1. The highest BCUT2D eigenvalue weighted by atomic mass is 32.2. The third-order valence-electron chi connectivity index (χ3n) is 4.45. The molecule has 0 aliphatic heterocycles. The fourth-order valence-corrected chi connectivity index (χ4v) is 4.60. The van der Waals surface area contributed by atoms with Gasteiger partial charge in [0.15, 0.2) is 0 Å². The summed E-state index contributed by atoms with van der Waals surface area (Å²) in [4.78, 5) is 22.3. The second kappa shape index (κ2) is 10.2. The van der Waals surface area contributed by atoms with Crippen LogP contribution in [0.1, 0.15) is 22.5 Å². The van der Waals surface area contributed by atoms with Gasteiger partial charge in [0.2, 0.25) is 0 Å². The summed E-state index contributed by atoms with van der Waals surface area (Å²) >= 11 is 3.21. The van der Waals surface area contributed by atoms with E-state index in [1.165, 1.54) is 0 Å². The molecule has 0 aliphatic carbocycles. The number of para-hydroxylation sites is 1. The van der Waals surface area contributed by atoms with Gasteiger partial charge in [-0.3, -0.25) is 9.78 Å². The van der Waals surface area contributed by atoms with E-state index in [0.717, 1.165) is 33.0 Å². The molecule has 0 aliphatic rings. The van der Waals surface area contributed by atoms with Crippen molar-refractivity contribution in [1.29, 1.82) is 0 Å². The highest BCUT2D eigenvalue weighted by Gasteiger charge is 2.11. The largest absolute Gasteiger partial charge is 0.491 e. The highest BCUT2D eigenvalue weighted by molar-refractivity contribution is 7.98. The number of fused-ring (bicyclic) bond motifs is 1. The van der Waals surface area contributed by atoms with Gasteiger partial charge in [0, 0.05) is 34.2 Å². The molecule has 2 heterocycles. The summed E-state index contributed by atoms with van der Waals surface area (Å²) in [6.45, 7) is 1.05. The molecule has 2 aromatic heterocycles. The lowest BCUT2D eigenvalue weighted by atomic mass is 10.2. The minimum absolute atomic E-state index is 0.0665. The minimum Gasteiger partial charge on any atom is -0.491 e. The van der Waals surface area contributed by atoms with Crippen molar-refractivity contribution < 1.29 is 9.53 Å². The summed E-state index contributed by atoms with van der Waals surface area (Å²) in [6.07, 6.45) is 2.47. The Hall–Kier alpha value is -2.90. The molecule has 0 unspecified atom stereocenters. The van der Waals surface area contributed by atoms with Crippen LogP contribution in [0.3, 0.4) is 0 Å². The molecule has 5 nitrogen and oxygen atoms in total. The Morgan fingerprint density at radius 1 is 1.07 bits per heavy atom. The lowest BCUT2D eigenvalue weighted by Gasteiger charge is -2.11. The van der Waals surface area contributed by atoms with E-state index in [1.54, 1.807) is 29.3 Å². The highest BCUT2D eigenvalue weighted by Crippen LogP contribution is 2.26. The molecule has 0 radical (unpaired) electrons. The van der Waals surface area contributed by atoms with Crippen LogP contribution in [-0.4, -0.2) is 29.0 Å². The van der Waals surface area contributed by atoms with E-state index in [4.69, 9.17) is 4.74 Å². The molecule has 0 saturated carbocycles. The van der Waals surface area contributed by atoms with Crippen LogP contribution in [0, 0.1) is 0 Å². The molecule has 4 rings (SSSR count). The van der Waals surface area contributed by atoms with Crippen molar-refractivity contribution in [3.05, 3.63) is 82.9 Å². The first-order chi connectivity index (χ1) is 14.8. The number of carbonyl (C=O) groups is 1. The van der Waals surface area contributed by atoms with Gasteiger partial charge >= 0.3 is 0 Å². The van der Waals surface area contributed by atoms with Gasteiger partial charge in [-0.05, 0) is 30.7 Å². The van der Waals surface area contributed by atoms with E-state index < -0.39 is 0 Å². The van der Waals surface area contributed by atoms with Gasteiger partial charge in [-0.2, -0.15) is 0 Å². The number of nitrogens with zero attached hydrogens (tertiary/aromatic N) is 2. The van der Waals surface area contributed by atoms with Crippen LogP contribution in [0.5, 0.6) is 5.75 Å². The van der Waals surface area contributed by atoms with Crippen LogP contribution in [0.2, 0.25) is 0 Å². The quantitative estimate of drug-likeness (QED) is 0.290.